The predicted molar refractivity (Wildman–Crippen MR) is 94.5 cm³/mol. The molecule has 2 rings (SSSR count). The molecular weight excluding hydrogens is 270 g/mol. The number of unbranched alkanes of at least 4 members (excludes halogenated alkanes) is 3. The van der Waals surface area contributed by atoms with E-state index in [9.17, 15) is 0 Å². The van der Waals surface area contributed by atoms with Crippen LogP contribution >= 0.6 is 0 Å². The average Bonchev–Trinajstić information content (AvgIpc) is 2.98. The second kappa shape index (κ2) is 7.30. The molecule has 0 fully saturated rings. The van der Waals surface area contributed by atoms with E-state index >= 15 is 0 Å². The van der Waals surface area contributed by atoms with Gasteiger partial charge in [0.25, 0.3) is 0 Å². The minimum Gasteiger partial charge on any atom is -0.443 e. The SMILES string of the molecule is CCCCCCC(C)c1cc(C(C)(C)CC)cc2ncoc12. The lowest BCUT2D eigenvalue weighted by Crippen LogP contribution is -2.16. The molecule has 122 valence electrons. The molecule has 0 aliphatic carbocycles. The Morgan fingerprint density at radius 2 is 1.91 bits per heavy atom. The Hall–Kier alpha value is -1.31. The molecule has 1 atom stereocenters. The van der Waals surface area contributed by atoms with Crippen LogP contribution in [-0.4, -0.2) is 4.98 Å². The lowest BCUT2D eigenvalue weighted by Gasteiger charge is -2.25. The van der Waals surface area contributed by atoms with Gasteiger partial charge in [-0.1, -0.05) is 66.4 Å². The minimum atomic E-state index is 0.184. The Balaban J connectivity index is 2.29. The van der Waals surface area contributed by atoms with Crippen LogP contribution in [0.15, 0.2) is 22.9 Å². The third-order valence-corrected chi connectivity index (χ3v) is 5.15. The lowest BCUT2D eigenvalue weighted by molar-refractivity contribution is 0.504. The average molecular weight is 301 g/mol. The third-order valence-electron chi connectivity index (χ3n) is 5.15. The summed E-state index contributed by atoms with van der Waals surface area (Å²) < 4.78 is 5.69. The van der Waals surface area contributed by atoms with Gasteiger partial charge in [-0.25, -0.2) is 4.98 Å². The number of hydrogen-bond acceptors (Lipinski definition) is 2. The summed E-state index contributed by atoms with van der Waals surface area (Å²) in [6.07, 6.45) is 9.20. The Labute approximate surface area is 135 Å². The van der Waals surface area contributed by atoms with Gasteiger partial charge < -0.3 is 4.42 Å². The number of aromatic nitrogens is 1. The Morgan fingerprint density at radius 3 is 2.59 bits per heavy atom. The van der Waals surface area contributed by atoms with Gasteiger partial charge >= 0.3 is 0 Å². The highest BCUT2D eigenvalue weighted by Crippen LogP contribution is 2.35. The molecule has 22 heavy (non-hydrogen) atoms. The molecule has 2 aromatic rings. The largest absolute Gasteiger partial charge is 0.443 e. The maximum absolute atomic E-state index is 5.69. The number of hydrogen-bond donors (Lipinski definition) is 0. The molecule has 2 nitrogen and oxygen atoms in total. The van der Waals surface area contributed by atoms with Gasteiger partial charge in [0, 0.05) is 5.56 Å². The van der Waals surface area contributed by atoms with Gasteiger partial charge in [-0.2, -0.15) is 0 Å². The van der Waals surface area contributed by atoms with Crippen molar-refractivity contribution in [1.82, 2.24) is 4.98 Å². The fourth-order valence-corrected chi connectivity index (χ4v) is 2.99. The monoisotopic (exact) mass is 301 g/mol. The molecule has 0 saturated carbocycles. The summed E-state index contributed by atoms with van der Waals surface area (Å²) >= 11 is 0. The summed E-state index contributed by atoms with van der Waals surface area (Å²) in [5.74, 6) is 0.528. The standard InChI is InChI=1S/C20H31NO/c1-6-8-9-10-11-15(3)17-12-16(20(4,5)7-2)13-18-19(17)22-14-21-18/h12-15H,6-11H2,1-5H3. The topological polar surface area (TPSA) is 26.0 Å². The van der Waals surface area contributed by atoms with Crippen molar-refractivity contribution in [3.8, 4) is 0 Å². The zero-order valence-electron chi connectivity index (χ0n) is 14.9. The van der Waals surface area contributed by atoms with Crippen molar-refractivity contribution in [2.75, 3.05) is 0 Å². The van der Waals surface area contributed by atoms with Crippen molar-refractivity contribution < 1.29 is 4.42 Å². The van der Waals surface area contributed by atoms with E-state index in [1.54, 1.807) is 6.39 Å². The van der Waals surface area contributed by atoms with E-state index in [1.807, 2.05) is 0 Å². The van der Waals surface area contributed by atoms with Gasteiger partial charge in [-0.3, -0.25) is 0 Å². The van der Waals surface area contributed by atoms with Crippen LogP contribution in [0.25, 0.3) is 11.1 Å². The molecule has 0 spiro atoms. The van der Waals surface area contributed by atoms with Crippen LogP contribution in [0.3, 0.4) is 0 Å². The summed E-state index contributed by atoms with van der Waals surface area (Å²) in [5, 5.41) is 0. The first kappa shape index (κ1) is 17.1. The minimum absolute atomic E-state index is 0.184. The first-order chi connectivity index (χ1) is 10.5. The van der Waals surface area contributed by atoms with E-state index in [2.05, 4.69) is 51.7 Å². The van der Waals surface area contributed by atoms with Gasteiger partial charge in [0.15, 0.2) is 12.0 Å². The summed E-state index contributed by atoms with van der Waals surface area (Å²) in [6.45, 7) is 11.5. The molecule has 0 aliphatic heterocycles. The molecule has 1 aromatic carbocycles. The van der Waals surface area contributed by atoms with E-state index in [0.717, 1.165) is 17.5 Å². The van der Waals surface area contributed by atoms with Gasteiger partial charge in [0.05, 0.1) is 0 Å². The Bertz CT molecular complexity index is 597. The molecule has 0 saturated heterocycles. The molecule has 0 bridgehead atoms. The van der Waals surface area contributed by atoms with Crippen LogP contribution in [0.1, 0.15) is 90.2 Å². The zero-order valence-corrected chi connectivity index (χ0v) is 14.9. The normalized spacial score (nSPS) is 13.7. The van der Waals surface area contributed by atoms with E-state index in [0.29, 0.717) is 5.92 Å². The van der Waals surface area contributed by atoms with Gasteiger partial charge in [-0.05, 0) is 35.8 Å². The highest BCUT2D eigenvalue weighted by molar-refractivity contribution is 5.78. The van der Waals surface area contributed by atoms with Crippen molar-refractivity contribution >= 4 is 11.1 Å². The summed E-state index contributed by atoms with van der Waals surface area (Å²) in [7, 11) is 0. The highest BCUT2D eigenvalue weighted by atomic mass is 16.3. The first-order valence-electron chi connectivity index (χ1n) is 8.87. The van der Waals surface area contributed by atoms with E-state index in [-0.39, 0.29) is 5.41 Å². The molecule has 1 aromatic heterocycles. The summed E-state index contributed by atoms with van der Waals surface area (Å²) in [6, 6.07) is 4.57. The number of nitrogens with zero attached hydrogens (tertiary/aromatic N) is 1. The Kier molecular flexibility index (Phi) is 5.66. The van der Waals surface area contributed by atoms with Crippen LogP contribution in [-0.2, 0) is 5.41 Å². The van der Waals surface area contributed by atoms with Crippen LogP contribution in [0, 0.1) is 0 Å². The fraction of sp³-hybridized carbons (Fsp3) is 0.650. The Morgan fingerprint density at radius 1 is 1.14 bits per heavy atom. The van der Waals surface area contributed by atoms with Crippen molar-refractivity contribution in [3.05, 3.63) is 29.7 Å². The zero-order chi connectivity index (χ0) is 16.2. The van der Waals surface area contributed by atoms with Gasteiger partial charge in [0.1, 0.15) is 5.52 Å². The molecular formula is C20H31NO. The van der Waals surface area contributed by atoms with Crippen LogP contribution < -0.4 is 0 Å². The quantitative estimate of drug-likeness (QED) is 0.514. The summed E-state index contributed by atoms with van der Waals surface area (Å²) in [4.78, 5) is 4.41. The van der Waals surface area contributed by atoms with Gasteiger partial charge in [0.2, 0.25) is 0 Å². The van der Waals surface area contributed by atoms with Gasteiger partial charge in [-0.15, -0.1) is 0 Å². The third kappa shape index (κ3) is 3.71. The molecule has 0 radical (unpaired) electrons. The van der Waals surface area contributed by atoms with Crippen molar-refractivity contribution in [3.63, 3.8) is 0 Å². The molecule has 0 aliphatic rings. The van der Waals surface area contributed by atoms with Crippen molar-refractivity contribution in [2.45, 2.75) is 84.5 Å². The van der Waals surface area contributed by atoms with E-state index in [1.165, 1.54) is 43.2 Å². The molecule has 0 amide bonds. The first-order valence-corrected chi connectivity index (χ1v) is 8.87. The number of rotatable bonds is 8. The maximum atomic E-state index is 5.69. The smallest absolute Gasteiger partial charge is 0.181 e. The molecule has 1 heterocycles. The second-order valence-electron chi connectivity index (χ2n) is 7.25. The van der Waals surface area contributed by atoms with E-state index in [4.69, 9.17) is 4.42 Å². The number of fused-ring (bicyclic) bond motifs is 1. The van der Waals surface area contributed by atoms with Crippen LogP contribution in [0.2, 0.25) is 0 Å². The van der Waals surface area contributed by atoms with Crippen LogP contribution in [0.5, 0.6) is 0 Å². The lowest BCUT2D eigenvalue weighted by atomic mass is 9.80. The predicted octanol–water partition coefficient (Wildman–Crippen LogP) is 6.59. The fourth-order valence-electron chi connectivity index (χ4n) is 2.99. The number of oxazole rings is 1. The maximum Gasteiger partial charge on any atom is 0.181 e. The van der Waals surface area contributed by atoms with Crippen molar-refractivity contribution in [1.29, 1.82) is 0 Å². The summed E-state index contributed by atoms with van der Waals surface area (Å²) in [5.41, 5.74) is 4.90. The van der Waals surface area contributed by atoms with E-state index < -0.39 is 0 Å². The molecule has 1 unspecified atom stereocenters. The highest BCUT2D eigenvalue weighted by Gasteiger charge is 2.22. The number of benzene rings is 1. The van der Waals surface area contributed by atoms with Crippen molar-refractivity contribution in [2.24, 2.45) is 0 Å². The van der Waals surface area contributed by atoms with Crippen LogP contribution in [0.4, 0.5) is 0 Å². The second-order valence-corrected chi connectivity index (χ2v) is 7.25. The molecule has 0 N–H and O–H groups in total. The molecule has 2 heteroatoms.